The normalized spacial score (nSPS) is 11.9. The molecule has 1 heterocycles. The zero-order chi connectivity index (χ0) is 9.84. The van der Waals surface area contributed by atoms with Gasteiger partial charge in [0.25, 0.3) is 0 Å². The average Bonchev–Trinajstić information content (AvgIpc) is 2.50. The van der Waals surface area contributed by atoms with Crippen molar-refractivity contribution in [2.75, 3.05) is 0 Å². The van der Waals surface area contributed by atoms with Crippen molar-refractivity contribution < 1.29 is 0 Å². The molecule has 0 atom stereocenters. The van der Waals surface area contributed by atoms with Crippen molar-refractivity contribution >= 4 is 11.3 Å². The van der Waals surface area contributed by atoms with Crippen LogP contribution in [0.3, 0.4) is 0 Å². The molecule has 0 spiro atoms. The maximum Gasteiger partial charge on any atom is -0.00612 e. The van der Waals surface area contributed by atoms with Crippen LogP contribution in [0.25, 0.3) is 0 Å². The summed E-state index contributed by atoms with van der Waals surface area (Å²) in [6.45, 7) is 9.32. The maximum atomic E-state index is 2.33. The molecule has 0 nitrogen and oxygen atoms in total. The predicted octanol–water partition coefficient (Wildman–Crippen LogP) is 4.22. The van der Waals surface area contributed by atoms with Crippen molar-refractivity contribution in [1.29, 1.82) is 0 Å². The van der Waals surface area contributed by atoms with E-state index in [1.807, 2.05) is 0 Å². The number of hydrogen-bond donors (Lipinski definition) is 0. The first-order chi connectivity index (χ1) is 6.11. The van der Waals surface area contributed by atoms with Crippen LogP contribution in [0.5, 0.6) is 0 Å². The Bertz CT molecular complexity index is 213. The number of rotatable bonds is 4. The highest BCUT2D eigenvalue weighted by Crippen LogP contribution is 2.25. The topological polar surface area (TPSA) is 0 Å². The van der Waals surface area contributed by atoms with E-state index in [0.717, 1.165) is 17.8 Å². The molecule has 1 aromatic rings. The quantitative estimate of drug-likeness (QED) is 0.676. The molecule has 0 saturated heterocycles. The average molecular weight is 196 g/mol. The van der Waals surface area contributed by atoms with Crippen LogP contribution in [0.4, 0.5) is 0 Å². The molecular weight excluding hydrogens is 176 g/mol. The molecule has 1 heteroatoms. The second-order valence-corrected chi connectivity index (χ2v) is 5.27. The Balaban J connectivity index is 2.58. The van der Waals surface area contributed by atoms with Gasteiger partial charge < -0.3 is 0 Å². The highest BCUT2D eigenvalue weighted by molar-refractivity contribution is 7.07. The van der Waals surface area contributed by atoms with Crippen LogP contribution in [-0.2, 0) is 6.42 Å². The Hall–Kier alpha value is -0.300. The standard InChI is InChI=1S/C12H20S/c1-9(2)12(10(3)4)7-11-5-6-13-8-11/h5-6,8-10,12H,7H2,1-4H3. The minimum Gasteiger partial charge on any atom is -0.152 e. The molecule has 1 aromatic heterocycles. The van der Waals surface area contributed by atoms with Crippen LogP contribution in [0.1, 0.15) is 33.3 Å². The molecule has 13 heavy (non-hydrogen) atoms. The first-order valence-electron chi connectivity index (χ1n) is 5.12. The van der Waals surface area contributed by atoms with Crippen LogP contribution in [0, 0.1) is 17.8 Å². The van der Waals surface area contributed by atoms with E-state index in [4.69, 9.17) is 0 Å². The monoisotopic (exact) mass is 196 g/mol. The summed E-state index contributed by atoms with van der Waals surface area (Å²) in [5.74, 6) is 2.41. The summed E-state index contributed by atoms with van der Waals surface area (Å²) in [4.78, 5) is 0. The summed E-state index contributed by atoms with van der Waals surface area (Å²) in [5.41, 5.74) is 1.51. The van der Waals surface area contributed by atoms with Crippen LogP contribution in [-0.4, -0.2) is 0 Å². The van der Waals surface area contributed by atoms with Gasteiger partial charge in [-0.2, -0.15) is 11.3 Å². The van der Waals surface area contributed by atoms with Gasteiger partial charge in [-0.25, -0.2) is 0 Å². The van der Waals surface area contributed by atoms with E-state index in [0.29, 0.717) is 0 Å². The van der Waals surface area contributed by atoms with Gasteiger partial charge in [-0.15, -0.1) is 0 Å². The summed E-state index contributed by atoms with van der Waals surface area (Å²) in [5, 5.41) is 4.45. The Kier molecular flexibility index (Phi) is 3.98. The van der Waals surface area contributed by atoms with Gasteiger partial charge in [0.15, 0.2) is 0 Å². The Morgan fingerprint density at radius 3 is 2.15 bits per heavy atom. The molecule has 1 rings (SSSR count). The lowest BCUT2D eigenvalue weighted by Crippen LogP contribution is -2.17. The zero-order valence-electron chi connectivity index (χ0n) is 9.08. The lowest BCUT2D eigenvalue weighted by Gasteiger charge is -2.24. The summed E-state index contributed by atoms with van der Waals surface area (Å²) < 4.78 is 0. The molecule has 0 amide bonds. The summed E-state index contributed by atoms with van der Waals surface area (Å²) in [7, 11) is 0. The van der Waals surface area contributed by atoms with Crippen molar-refractivity contribution in [2.24, 2.45) is 17.8 Å². The third kappa shape index (κ3) is 3.15. The Labute approximate surface area is 86.0 Å². The molecule has 0 fully saturated rings. The fourth-order valence-corrected chi connectivity index (χ4v) is 2.60. The van der Waals surface area contributed by atoms with E-state index >= 15 is 0 Å². The summed E-state index contributed by atoms with van der Waals surface area (Å²) >= 11 is 1.81. The molecule has 0 saturated carbocycles. The van der Waals surface area contributed by atoms with Crippen LogP contribution in [0.15, 0.2) is 16.8 Å². The fourth-order valence-electron chi connectivity index (χ4n) is 1.92. The number of thiophene rings is 1. The van der Waals surface area contributed by atoms with Crippen LogP contribution >= 0.6 is 11.3 Å². The van der Waals surface area contributed by atoms with Gasteiger partial charge in [0.05, 0.1) is 0 Å². The highest BCUT2D eigenvalue weighted by atomic mass is 32.1. The van der Waals surface area contributed by atoms with Gasteiger partial charge in [0.2, 0.25) is 0 Å². The molecule has 0 aliphatic rings. The molecule has 0 N–H and O–H groups in total. The van der Waals surface area contributed by atoms with Crippen molar-refractivity contribution in [3.63, 3.8) is 0 Å². The van der Waals surface area contributed by atoms with E-state index in [1.54, 1.807) is 11.3 Å². The van der Waals surface area contributed by atoms with Crippen LogP contribution < -0.4 is 0 Å². The van der Waals surface area contributed by atoms with Crippen molar-refractivity contribution in [3.8, 4) is 0 Å². The van der Waals surface area contributed by atoms with Gasteiger partial charge in [0.1, 0.15) is 0 Å². The van der Waals surface area contributed by atoms with Gasteiger partial charge in [-0.05, 0) is 46.6 Å². The molecule has 0 aromatic carbocycles. The third-order valence-electron chi connectivity index (χ3n) is 2.76. The second-order valence-electron chi connectivity index (χ2n) is 4.49. The third-order valence-corrected chi connectivity index (χ3v) is 3.50. The van der Waals surface area contributed by atoms with Gasteiger partial charge >= 0.3 is 0 Å². The number of hydrogen-bond acceptors (Lipinski definition) is 1. The molecule has 74 valence electrons. The van der Waals surface area contributed by atoms with E-state index in [-0.39, 0.29) is 0 Å². The zero-order valence-corrected chi connectivity index (χ0v) is 9.90. The van der Waals surface area contributed by atoms with Gasteiger partial charge in [-0.1, -0.05) is 27.7 Å². The SMILES string of the molecule is CC(C)C(Cc1ccsc1)C(C)C. The molecule has 0 bridgehead atoms. The van der Waals surface area contributed by atoms with Crippen LogP contribution in [0.2, 0.25) is 0 Å². The largest absolute Gasteiger partial charge is 0.152 e. The van der Waals surface area contributed by atoms with E-state index in [2.05, 4.69) is 44.5 Å². The Morgan fingerprint density at radius 2 is 1.77 bits per heavy atom. The van der Waals surface area contributed by atoms with Gasteiger partial charge in [-0.3, -0.25) is 0 Å². The van der Waals surface area contributed by atoms with Gasteiger partial charge in [0, 0.05) is 0 Å². The molecular formula is C12H20S. The lowest BCUT2D eigenvalue weighted by atomic mass is 9.81. The molecule has 0 aliphatic carbocycles. The summed E-state index contributed by atoms with van der Waals surface area (Å²) in [6, 6.07) is 2.25. The smallest absolute Gasteiger partial charge is 0.00612 e. The minimum absolute atomic E-state index is 0.792. The van der Waals surface area contributed by atoms with Crippen molar-refractivity contribution in [3.05, 3.63) is 22.4 Å². The predicted molar refractivity (Wildman–Crippen MR) is 61.2 cm³/mol. The molecule has 0 unspecified atom stereocenters. The van der Waals surface area contributed by atoms with Crippen molar-refractivity contribution in [1.82, 2.24) is 0 Å². The second kappa shape index (κ2) is 4.80. The maximum absolute atomic E-state index is 2.33. The fraction of sp³-hybridized carbons (Fsp3) is 0.667. The van der Waals surface area contributed by atoms with Crippen molar-refractivity contribution in [2.45, 2.75) is 34.1 Å². The van der Waals surface area contributed by atoms with E-state index in [1.165, 1.54) is 12.0 Å². The first-order valence-corrected chi connectivity index (χ1v) is 6.06. The Morgan fingerprint density at radius 1 is 1.15 bits per heavy atom. The summed E-state index contributed by atoms with van der Waals surface area (Å²) in [6.07, 6.45) is 1.25. The minimum atomic E-state index is 0.792. The molecule has 0 aliphatic heterocycles. The highest BCUT2D eigenvalue weighted by Gasteiger charge is 2.17. The lowest BCUT2D eigenvalue weighted by molar-refractivity contribution is 0.286. The first kappa shape index (κ1) is 10.8. The van der Waals surface area contributed by atoms with E-state index in [9.17, 15) is 0 Å². The van der Waals surface area contributed by atoms with E-state index < -0.39 is 0 Å². The molecule has 0 radical (unpaired) electrons.